The Morgan fingerprint density at radius 2 is 1.90 bits per heavy atom. The molecule has 0 atom stereocenters. The van der Waals surface area contributed by atoms with Crippen LogP contribution in [-0.4, -0.2) is 44.5 Å². The molecular formula is C15H24FN3O. The molecule has 1 aromatic carbocycles. The van der Waals surface area contributed by atoms with E-state index >= 15 is 0 Å². The Bertz CT molecular complexity index is 447. The van der Waals surface area contributed by atoms with Crippen molar-refractivity contribution in [3.8, 4) is 0 Å². The number of nitrogens with zero attached hydrogens (tertiary/aromatic N) is 2. The van der Waals surface area contributed by atoms with Gasteiger partial charge in [-0.25, -0.2) is 4.39 Å². The predicted octanol–water partition coefficient (Wildman–Crippen LogP) is 1.85. The van der Waals surface area contributed by atoms with Crippen molar-refractivity contribution in [2.75, 3.05) is 38.6 Å². The van der Waals surface area contributed by atoms with Crippen LogP contribution in [0.1, 0.15) is 19.4 Å². The van der Waals surface area contributed by atoms with Gasteiger partial charge in [0.05, 0.1) is 6.54 Å². The van der Waals surface area contributed by atoms with Gasteiger partial charge in [-0.15, -0.1) is 0 Å². The number of halogens is 1. The van der Waals surface area contributed by atoms with E-state index in [1.165, 1.54) is 12.1 Å². The summed E-state index contributed by atoms with van der Waals surface area (Å²) in [5.74, 6) is -0.230. The average Bonchev–Trinajstić information content (AvgIpc) is 2.39. The van der Waals surface area contributed by atoms with E-state index in [4.69, 9.17) is 0 Å². The molecule has 0 aliphatic carbocycles. The van der Waals surface area contributed by atoms with Gasteiger partial charge in [0, 0.05) is 32.4 Å². The van der Waals surface area contributed by atoms with Crippen molar-refractivity contribution in [1.82, 2.24) is 10.2 Å². The summed E-state index contributed by atoms with van der Waals surface area (Å²) >= 11 is 0. The lowest BCUT2D eigenvalue weighted by molar-refractivity contribution is -0.129. The molecule has 0 bridgehead atoms. The number of benzene rings is 1. The molecule has 0 heterocycles. The number of amides is 1. The predicted molar refractivity (Wildman–Crippen MR) is 80.4 cm³/mol. The van der Waals surface area contributed by atoms with Gasteiger partial charge in [-0.2, -0.15) is 0 Å². The fourth-order valence-corrected chi connectivity index (χ4v) is 2.13. The van der Waals surface area contributed by atoms with Crippen LogP contribution in [0.2, 0.25) is 0 Å². The van der Waals surface area contributed by atoms with Crippen molar-refractivity contribution in [2.45, 2.75) is 20.4 Å². The second-order valence-corrected chi connectivity index (χ2v) is 4.77. The topological polar surface area (TPSA) is 35.6 Å². The minimum atomic E-state index is -0.283. The first-order valence-electron chi connectivity index (χ1n) is 6.94. The van der Waals surface area contributed by atoms with Crippen molar-refractivity contribution in [1.29, 1.82) is 0 Å². The van der Waals surface area contributed by atoms with Crippen LogP contribution in [0.5, 0.6) is 0 Å². The van der Waals surface area contributed by atoms with Crippen LogP contribution in [0.3, 0.4) is 0 Å². The summed E-state index contributed by atoms with van der Waals surface area (Å²) in [6, 6.07) is 4.85. The maximum atomic E-state index is 13.6. The van der Waals surface area contributed by atoms with Gasteiger partial charge in [-0.1, -0.05) is 0 Å². The molecule has 1 rings (SSSR count). The van der Waals surface area contributed by atoms with E-state index < -0.39 is 0 Å². The van der Waals surface area contributed by atoms with Crippen LogP contribution >= 0.6 is 0 Å². The minimum absolute atomic E-state index is 0.0527. The lowest BCUT2D eigenvalue weighted by Crippen LogP contribution is -2.38. The van der Waals surface area contributed by atoms with Crippen LogP contribution < -0.4 is 10.2 Å². The Hall–Kier alpha value is -1.62. The van der Waals surface area contributed by atoms with Gasteiger partial charge >= 0.3 is 0 Å². The molecule has 0 saturated heterocycles. The number of nitrogens with one attached hydrogen (secondary N) is 1. The van der Waals surface area contributed by atoms with Crippen LogP contribution in [0.25, 0.3) is 0 Å². The molecule has 112 valence electrons. The molecule has 4 nitrogen and oxygen atoms in total. The second-order valence-electron chi connectivity index (χ2n) is 4.77. The molecule has 0 aliphatic heterocycles. The largest absolute Gasteiger partial charge is 0.365 e. The summed E-state index contributed by atoms with van der Waals surface area (Å²) in [7, 11) is 3.62. The summed E-state index contributed by atoms with van der Waals surface area (Å²) in [6.45, 7) is 6.14. The number of carbonyl (C=O) groups is 1. The van der Waals surface area contributed by atoms with Crippen LogP contribution in [0.4, 0.5) is 10.1 Å². The smallest absolute Gasteiger partial charge is 0.242 e. The normalized spacial score (nSPS) is 10.4. The lowest BCUT2D eigenvalue weighted by atomic mass is 10.2. The summed E-state index contributed by atoms with van der Waals surface area (Å²) in [5, 5.41) is 2.99. The van der Waals surface area contributed by atoms with E-state index in [0.717, 1.165) is 11.3 Å². The van der Waals surface area contributed by atoms with Crippen molar-refractivity contribution in [3.63, 3.8) is 0 Å². The monoisotopic (exact) mass is 281 g/mol. The molecule has 0 saturated carbocycles. The lowest BCUT2D eigenvalue weighted by Gasteiger charge is -2.24. The Labute approximate surface area is 120 Å². The zero-order valence-corrected chi connectivity index (χ0v) is 12.7. The van der Waals surface area contributed by atoms with E-state index in [1.54, 1.807) is 16.8 Å². The molecular weight excluding hydrogens is 257 g/mol. The minimum Gasteiger partial charge on any atom is -0.365 e. The highest BCUT2D eigenvalue weighted by Gasteiger charge is 2.13. The third-order valence-electron chi connectivity index (χ3n) is 3.25. The molecule has 0 aromatic heterocycles. The molecule has 0 radical (unpaired) electrons. The van der Waals surface area contributed by atoms with E-state index in [2.05, 4.69) is 5.32 Å². The molecule has 0 spiro atoms. The maximum Gasteiger partial charge on any atom is 0.242 e. The zero-order valence-electron chi connectivity index (χ0n) is 12.7. The highest BCUT2D eigenvalue weighted by Crippen LogP contribution is 2.17. The van der Waals surface area contributed by atoms with Gasteiger partial charge in [0.1, 0.15) is 5.82 Å². The summed E-state index contributed by atoms with van der Waals surface area (Å²) in [4.78, 5) is 15.6. The molecule has 5 heteroatoms. The van der Waals surface area contributed by atoms with Gasteiger partial charge in [0.15, 0.2) is 0 Å². The van der Waals surface area contributed by atoms with E-state index in [9.17, 15) is 9.18 Å². The first-order chi connectivity index (χ1) is 9.51. The van der Waals surface area contributed by atoms with Crippen molar-refractivity contribution in [3.05, 3.63) is 29.6 Å². The van der Waals surface area contributed by atoms with Gasteiger partial charge in [-0.3, -0.25) is 4.79 Å². The molecule has 0 aliphatic rings. The quantitative estimate of drug-likeness (QED) is 0.828. The zero-order chi connectivity index (χ0) is 15.1. The molecule has 1 N–H and O–H groups in total. The number of hydrogen-bond acceptors (Lipinski definition) is 3. The van der Waals surface area contributed by atoms with Crippen molar-refractivity contribution in [2.24, 2.45) is 0 Å². The first kappa shape index (κ1) is 16.4. The number of anilines is 1. The van der Waals surface area contributed by atoms with Crippen molar-refractivity contribution < 1.29 is 9.18 Å². The van der Waals surface area contributed by atoms with Gasteiger partial charge in [0.2, 0.25) is 5.91 Å². The summed E-state index contributed by atoms with van der Waals surface area (Å²) < 4.78 is 13.6. The summed E-state index contributed by atoms with van der Waals surface area (Å²) in [5.41, 5.74) is 1.58. The SMILES string of the molecule is CCN(CC)C(=O)CN(C)c1cc(F)cc(CNC)c1. The second kappa shape index (κ2) is 7.85. The Kier molecular flexibility index (Phi) is 6.45. The molecule has 0 fully saturated rings. The number of likely N-dealkylation sites (N-methyl/N-ethyl adjacent to an activating group) is 2. The Morgan fingerprint density at radius 3 is 2.45 bits per heavy atom. The first-order valence-corrected chi connectivity index (χ1v) is 6.94. The van der Waals surface area contributed by atoms with Crippen LogP contribution in [0.15, 0.2) is 18.2 Å². The van der Waals surface area contributed by atoms with E-state index in [0.29, 0.717) is 19.6 Å². The molecule has 20 heavy (non-hydrogen) atoms. The molecule has 1 amide bonds. The Balaban J connectivity index is 2.81. The van der Waals surface area contributed by atoms with Crippen LogP contribution in [0, 0.1) is 5.82 Å². The molecule has 0 unspecified atom stereocenters. The fourth-order valence-electron chi connectivity index (χ4n) is 2.13. The fraction of sp³-hybridized carbons (Fsp3) is 0.533. The standard InChI is InChI=1S/C15H24FN3O/c1-5-19(6-2)15(20)11-18(4)14-8-12(10-17-3)7-13(16)9-14/h7-9,17H,5-6,10-11H2,1-4H3. The van der Waals surface area contributed by atoms with E-state index in [1.807, 2.05) is 27.0 Å². The Morgan fingerprint density at radius 1 is 1.25 bits per heavy atom. The maximum absolute atomic E-state index is 13.6. The highest BCUT2D eigenvalue weighted by atomic mass is 19.1. The average molecular weight is 281 g/mol. The highest BCUT2D eigenvalue weighted by molar-refractivity contribution is 5.81. The van der Waals surface area contributed by atoms with Crippen LogP contribution in [-0.2, 0) is 11.3 Å². The van der Waals surface area contributed by atoms with Gasteiger partial charge in [0.25, 0.3) is 0 Å². The van der Waals surface area contributed by atoms with Crippen molar-refractivity contribution >= 4 is 11.6 Å². The third kappa shape index (κ3) is 4.49. The summed E-state index contributed by atoms with van der Waals surface area (Å²) in [6.07, 6.45) is 0. The van der Waals surface area contributed by atoms with Gasteiger partial charge in [-0.05, 0) is 44.7 Å². The van der Waals surface area contributed by atoms with Gasteiger partial charge < -0.3 is 15.1 Å². The third-order valence-corrected chi connectivity index (χ3v) is 3.25. The molecule has 1 aromatic rings. The number of hydrogen-bond donors (Lipinski definition) is 1. The van der Waals surface area contributed by atoms with E-state index in [-0.39, 0.29) is 18.3 Å². The number of carbonyl (C=O) groups excluding carboxylic acids is 1. The number of rotatable bonds is 7.